The molecule has 0 fully saturated rings. The van der Waals surface area contributed by atoms with Crippen LogP contribution in [0.1, 0.15) is 11.1 Å². The van der Waals surface area contributed by atoms with E-state index >= 15 is 0 Å². The summed E-state index contributed by atoms with van der Waals surface area (Å²) in [5, 5.41) is 0. The summed E-state index contributed by atoms with van der Waals surface area (Å²) in [6.07, 6.45) is 0. The predicted octanol–water partition coefficient (Wildman–Crippen LogP) is 3.84. The summed E-state index contributed by atoms with van der Waals surface area (Å²) in [6, 6.07) is 12.6. The molecule has 0 atom stereocenters. The molecule has 0 saturated carbocycles. The zero-order valence-electron chi connectivity index (χ0n) is 7.55. The van der Waals surface area contributed by atoms with Gasteiger partial charge in [-0.1, -0.05) is 36.4 Å². The summed E-state index contributed by atoms with van der Waals surface area (Å²) in [7, 11) is 0. The van der Waals surface area contributed by atoms with Crippen molar-refractivity contribution in [2.24, 2.45) is 0 Å². The van der Waals surface area contributed by atoms with Crippen molar-refractivity contribution in [1.82, 2.24) is 0 Å². The maximum atomic E-state index is 5.86. The van der Waals surface area contributed by atoms with Crippen molar-refractivity contribution in [3.63, 3.8) is 0 Å². The third-order valence-corrected chi connectivity index (χ3v) is 2.63. The lowest BCUT2D eigenvalue weighted by Crippen LogP contribution is -1.74. The Hall–Kier alpha value is -1.01. The van der Waals surface area contributed by atoms with Crippen molar-refractivity contribution in [2.45, 2.75) is 12.8 Å². The maximum absolute atomic E-state index is 5.86. The maximum Gasteiger partial charge on any atom is 0.0480 e. The number of fused-ring (bicyclic) bond motifs is 1. The van der Waals surface area contributed by atoms with E-state index in [2.05, 4.69) is 37.3 Å². The highest BCUT2D eigenvalue weighted by Crippen LogP contribution is 2.31. The van der Waals surface area contributed by atoms with Gasteiger partial charge in [0, 0.05) is 5.88 Å². The smallest absolute Gasteiger partial charge is 0.0480 e. The van der Waals surface area contributed by atoms with E-state index in [1.54, 1.807) is 0 Å². The van der Waals surface area contributed by atoms with Crippen LogP contribution in [0.5, 0.6) is 0 Å². The van der Waals surface area contributed by atoms with Gasteiger partial charge >= 0.3 is 0 Å². The summed E-state index contributed by atoms with van der Waals surface area (Å²) in [4.78, 5) is 0. The third-order valence-electron chi connectivity index (χ3n) is 2.34. The lowest BCUT2D eigenvalue weighted by Gasteiger charge is -1.95. The summed E-state index contributed by atoms with van der Waals surface area (Å²) in [5.74, 6) is 0.592. The van der Waals surface area contributed by atoms with Crippen molar-refractivity contribution >= 4 is 11.6 Å². The highest BCUT2D eigenvalue weighted by Gasteiger charge is 2.09. The van der Waals surface area contributed by atoms with E-state index in [-0.39, 0.29) is 0 Å². The highest BCUT2D eigenvalue weighted by molar-refractivity contribution is 6.17. The van der Waals surface area contributed by atoms with Crippen molar-refractivity contribution < 1.29 is 0 Å². The second kappa shape index (κ2) is 3.39. The van der Waals surface area contributed by atoms with Crippen LogP contribution in [0, 0.1) is 6.92 Å². The van der Waals surface area contributed by atoms with E-state index in [0.29, 0.717) is 5.88 Å². The van der Waals surface area contributed by atoms with Gasteiger partial charge in [0.25, 0.3) is 0 Å². The Morgan fingerprint density at radius 1 is 1.08 bits per heavy atom. The van der Waals surface area contributed by atoms with Crippen molar-refractivity contribution in [1.29, 1.82) is 0 Å². The van der Waals surface area contributed by atoms with E-state index in [4.69, 9.17) is 11.6 Å². The molecule has 0 bridgehead atoms. The van der Waals surface area contributed by atoms with Gasteiger partial charge in [0.2, 0.25) is 0 Å². The van der Waals surface area contributed by atoms with E-state index in [1.165, 1.54) is 22.3 Å². The molecule has 0 heterocycles. The number of hydrogen-bond donors (Lipinski definition) is 0. The van der Waals surface area contributed by atoms with Crippen LogP contribution in [-0.4, -0.2) is 0 Å². The second-order valence-electron chi connectivity index (χ2n) is 3.22. The first-order valence-electron chi connectivity index (χ1n) is 4.36. The highest BCUT2D eigenvalue weighted by atomic mass is 35.5. The summed E-state index contributed by atoms with van der Waals surface area (Å²) in [5.41, 5.74) is 5.12. The number of rotatable bonds is 1. The number of alkyl halides is 1. The Bertz CT molecular complexity index is 393. The fraction of sp³-hybridized carbons (Fsp3) is 0.167. The molecule has 0 unspecified atom stereocenters. The van der Waals surface area contributed by atoms with Gasteiger partial charge in [0.1, 0.15) is 0 Å². The molecule has 2 aliphatic rings. The van der Waals surface area contributed by atoms with Crippen molar-refractivity contribution in [2.75, 3.05) is 0 Å². The molecule has 0 aromatic heterocycles. The Kier molecular flexibility index (Phi) is 2.24. The van der Waals surface area contributed by atoms with Gasteiger partial charge in [-0.15, -0.1) is 11.6 Å². The number of aryl methyl sites for hydroxylation is 1. The standard InChI is InChI=1S/C12H11Cl/c1-9-7-10(8-13)12-6-4-2-3-5-11(9)12/h2-7H,8H2,1H3. The van der Waals surface area contributed by atoms with Crippen LogP contribution in [0.2, 0.25) is 0 Å². The molecule has 0 saturated heterocycles. The molecule has 1 heteroatoms. The first kappa shape index (κ1) is 8.58. The summed E-state index contributed by atoms with van der Waals surface area (Å²) < 4.78 is 0. The molecule has 0 aromatic carbocycles. The fourth-order valence-electron chi connectivity index (χ4n) is 1.70. The minimum Gasteiger partial charge on any atom is -0.122 e. The van der Waals surface area contributed by atoms with Gasteiger partial charge < -0.3 is 0 Å². The Morgan fingerprint density at radius 3 is 2.46 bits per heavy atom. The average molecular weight is 191 g/mol. The molecular weight excluding hydrogens is 180 g/mol. The van der Waals surface area contributed by atoms with Crippen LogP contribution < -0.4 is 0 Å². The molecule has 2 aliphatic carbocycles. The minimum atomic E-state index is 0.592. The molecule has 0 nitrogen and oxygen atoms in total. The largest absolute Gasteiger partial charge is 0.122 e. The van der Waals surface area contributed by atoms with E-state index in [1.807, 2.05) is 6.07 Å². The number of hydrogen-bond acceptors (Lipinski definition) is 0. The molecular formula is C12H11Cl. The van der Waals surface area contributed by atoms with Crippen molar-refractivity contribution in [3.8, 4) is 11.1 Å². The topological polar surface area (TPSA) is 0 Å². The van der Waals surface area contributed by atoms with Gasteiger partial charge in [-0.05, 0) is 29.2 Å². The zero-order chi connectivity index (χ0) is 9.26. The lowest BCUT2D eigenvalue weighted by atomic mass is 10.1. The van der Waals surface area contributed by atoms with Gasteiger partial charge in [-0.2, -0.15) is 0 Å². The quantitative estimate of drug-likeness (QED) is 0.600. The van der Waals surface area contributed by atoms with Crippen LogP contribution in [-0.2, 0) is 5.88 Å². The van der Waals surface area contributed by atoms with Crippen LogP contribution in [0.4, 0.5) is 0 Å². The van der Waals surface area contributed by atoms with E-state index in [0.717, 1.165) is 0 Å². The Labute approximate surface area is 83.5 Å². The third kappa shape index (κ3) is 1.42. The molecule has 0 spiro atoms. The van der Waals surface area contributed by atoms with Gasteiger partial charge in [-0.3, -0.25) is 0 Å². The monoisotopic (exact) mass is 190 g/mol. The summed E-state index contributed by atoms with van der Waals surface area (Å²) >= 11 is 5.86. The van der Waals surface area contributed by atoms with Crippen LogP contribution in [0.15, 0.2) is 36.4 Å². The van der Waals surface area contributed by atoms with Gasteiger partial charge in [0.05, 0.1) is 0 Å². The predicted molar refractivity (Wildman–Crippen MR) is 57.4 cm³/mol. The molecule has 2 rings (SSSR count). The SMILES string of the molecule is Cc1cc(CCl)c2cccccc1-2. The molecule has 13 heavy (non-hydrogen) atoms. The summed E-state index contributed by atoms with van der Waals surface area (Å²) in [6.45, 7) is 2.12. The molecule has 0 aliphatic heterocycles. The van der Waals surface area contributed by atoms with Gasteiger partial charge in [0.15, 0.2) is 0 Å². The second-order valence-corrected chi connectivity index (χ2v) is 3.49. The number of halogens is 1. The molecule has 66 valence electrons. The Balaban J connectivity index is 2.71. The first-order chi connectivity index (χ1) is 6.33. The van der Waals surface area contributed by atoms with Crippen LogP contribution in [0.25, 0.3) is 11.1 Å². The average Bonchev–Trinajstić information content (AvgIpc) is 2.38. The normalized spacial score (nSPS) is 10.6. The molecule has 0 radical (unpaired) electrons. The zero-order valence-corrected chi connectivity index (χ0v) is 8.31. The fourth-order valence-corrected chi connectivity index (χ4v) is 1.92. The first-order valence-corrected chi connectivity index (χ1v) is 4.89. The van der Waals surface area contributed by atoms with Crippen LogP contribution >= 0.6 is 11.6 Å². The van der Waals surface area contributed by atoms with E-state index in [9.17, 15) is 0 Å². The van der Waals surface area contributed by atoms with Gasteiger partial charge in [-0.25, -0.2) is 0 Å². The molecule has 0 amide bonds. The lowest BCUT2D eigenvalue weighted by molar-refractivity contribution is 1.44. The Morgan fingerprint density at radius 2 is 1.77 bits per heavy atom. The van der Waals surface area contributed by atoms with Crippen molar-refractivity contribution in [3.05, 3.63) is 47.5 Å². The molecule has 0 N–H and O–H groups in total. The van der Waals surface area contributed by atoms with Crippen LogP contribution in [0.3, 0.4) is 0 Å². The van der Waals surface area contributed by atoms with E-state index < -0.39 is 0 Å². The minimum absolute atomic E-state index is 0.592. The molecule has 0 aromatic rings.